The van der Waals surface area contributed by atoms with Crippen molar-refractivity contribution >= 4 is 27.9 Å². The van der Waals surface area contributed by atoms with Gasteiger partial charge in [0.1, 0.15) is 16.9 Å². The summed E-state index contributed by atoms with van der Waals surface area (Å²) in [5.74, 6) is -2.74. The molecule has 34 heavy (non-hydrogen) atoms. The molecule has 0 saturated heterocycles. The Morgan fingerprint density at radius 3 is 1.85 bits per heavy atom. The van der Waals surface area contributed by atoms with Crippen LogP contribution in [0.3, 0.4) is 0 Å². The second-order valence-corrected chi connectivity index (χ2v) is 8.89. The molecule has 0 unspecified atom stereocenters. The Bertz CT molecular complexity index is 1430. The third-order valence-electron chi connectivity index (χ3n) is 5.95. The molecule has 2 N–H and O–H groups in total. The Balaban J connectivity index is 0.000000172. The summed E-state index contributed by atoms with van der Waals surface area (Å²) in [6, 6.07) is 5.49. The number of pyridine rings is 2. The highest BCUT2D eigenvalue weighted by Crippen LogP contribution is 2.23. The molecule has 5 rings (SSSR count). The van der Waals surface area contributed by atoms with Gasteiger partial charge in [0, 0.05) is 42.4 Å². The Hall–Kier alpha value is -3.53. The quantitative estimate of drug-likeness (QED) is 0.534. The first-order chi connectivity index (χ1) is 16.2. The van der Waals surface area contributed by atoms with Crippen LogP contribution in [0.15, 0.2) is 50.7 Å². The van der Waals surface area contributed by atoms with Crippen LogP contribution in [0, 0.1) is 5.82 Å². The van der Waals surface area contributed by atoms with Gasteiger partial charge < -0.3 is 19.3 Å². The van der Waals surface area contributed by atoms with Crippen LogP contribution in [0.1, 0.15) is 44.9 Å². The average Bonchev–Trinajstić information content (AvgIpc) is 3.43. The van der Waals surface area contributed by atoms with Crippen molar-refractivity contribution in [2.45, 2.75) is 38.8 Å². The first kappa shape index (κ1) is 23.6. The van der Waals surface area contributed by atoms with E-state index < -0.39 is 28.6 Å². The van der Waals surface area contributed by atoms with E-state index in [0.717, 1.165) is 19.4 Å². The zero-order valence-corrected chi connectivity index (χ0v) is 19.5. The van der Waals surface area contributed by atoms with E-state index in [9.17, 15) is 28.7 Å². The Kier molecular flexibility index (Phi) is 6.52. The van der Waals surface area contributed by atoms with E-state index in [4.69, 9.17) is 5.11 Å². The van der Waals surface area contributed by atoms with Crippen LogP contribution < -0.4 is 10.9 Å². The highest BCUT2D eigenvalue weighted by Gasteiger charge is 2.25. The molecule has 0 fully saturated rings. The fraction of sp³-hybridized carbons (Fsp3) is 0.250. The van der Waals surface area contributed by atoms with Gasteiger partial charge in [0.05, 0.1) is 4.47 Å². The molecule has 1 aromatic carbocycles. The van der Waals surface area contributed by atoms with Gasteiger partial charge in [-0.2, -0.15) is 0 Å². The summed E-state index contributed by atoms with van der Waals surface area (Å²) in [4.78, 5) is 46.1. The summed E-state index contributed by atoms with van der Waals surface area (Å²) in [6.45, 7) is 1.48. The van der Waals surface area contributed by atoms with Crippen LogP contribution in [0.25, 0.3) is 11.1 Å². The molecule has 0 atom stereocenters. The van der Waals surface area contributed by atoms with Gasteiger partial charge in [0.25, 0.3) is 0 Å². The molecule has 2 aromatic heterocycles. The van der Waals surface area contributed by atoms with Crippen molar-refractivity contribution in [3.8, 4) is 11.1 Å². The number of carbonyl (C=O) groups is 2. The lowest BCUT2D eigenvalue weighted by Gasteiger charge is -2.10. The van der Waals surface area contributed by atoms with Gasteiger partial charge in [-0.1, -0.05) is 12.1 Å². The van der Waals surface area contributed by atoms with Gasteiger partial charge in [-0.05, 0) is 59.3 Å². The molecular formula is C24H20BrFN2O6. The zero-order valence-electron chi connectivity index (χ0n) is 17.9. The summed E-state index contributed by atoms with van der Waals surface area (Å²) >= 11 is 3.07. The van der Waals surface area contributed by atoms with Crippen LogP contribution >= 0.6 is 15.9 Å². The Morgan fingerprint density at radius 2 is 1.32 bits per heavy atom. The summed E-state index contributed by atoms with van der Waals surface area (Å²) in [7, 11) is 0. The minimum atomic E-state index is -1.20. The maximum Gasteiger partial charge on any atom is 0.341 e. The Morgan fingerprint density at radius 1 is 0.824 bits per heavy atom. The molecule has 0 aliphatic carbocycles. The van der Waals surface area contributed by atoms with E-state index in [1.54, 1.807) is 12.4 Å². The maximum absolute atomic E-state index is 13.0. The predicted octanol–water partition coefficient (Wildman–Crippen LogP) is 3.55. The molecule has 0 spiro atoms. The monoisotopic (exact) mass is 530 g/mol. The number of aryl methyl sites for hydroxylation is 2. The van der Waals surface area contributed by atoms with Crippen LogP contribution in [-0.2, 0) is 25.9 Å². The fourth-order valence-electron chi connectivity index (χ4n) is 4.42. The van der Waals surface area contributed by atoms with Crippen LogP contribution in [0.5, 0.6) is 0 Å². The van der Waals surface area contributed by atoms with Gasteiger partial charge in [0.2, 0.25) is 10.9 Å². The number of halogens is 2. The first-order valence-corrected chi connectivity index (χ1v) is 11.4. The fourth-order valence-corrected chi connectivity index (χ4v) is 4.86. The first-order valence-electron chi connectivity index (χ1n) is 10.6. The van der Waals surface area contributed by atoms with Gasteiger partial charge in [0.15, 0.2) is 0 Å². The summed E-state index contributed by atoms with van der Waals surface area (Å²) in [6.07, 6.45) is 6.33. The Labute approximate surface area is 201 Å². The largest absolute Gasteiger partial charge is 0.477 e. The molecule has 3 aromatic rings. The number of rotatable bonds is 3. The third kappa shape index (κ3) is 4.33. The van der Waals surface area contributed by atoms with Crippen LogP contribution in [0.2, 0.25) is 0 Å². The molecule has 10 heteroatoms. The maximum atomic E-state index is 13.0. The lowest BCUT2D eigenvalue weighted by molar-refractivity contribution is 0.0682. The molecule has 2 aliphatic heterocycles. The SMILES string of the molecule is O=C(O)c1c2n(cc(-c3ccc(F)cc3)c1=O)CCC2.O=C(O)c1c2n(cc(Br)c1=O)CCC2. The van der Waals surface area contributed by atoms with E-state index in [1.165, 1.54) is 24.3 Å². The van der Waals surface area contributed by atoms with Crippen molar-refractivity contribution in [1.82, 2.24) is 9.13 Å². The van der Waals surface area contributed by atoms with Crippen molar-refractivity contribution < 1.29 is 24.2 Å². The topological polar surface area (TPSA) is 119 Å². The van der Waals surface area contributed by atoms with E-state index in [1.807, 2.05) is 9.13 Å². The van der Waals surface area contributed by atoms with E-state index >= 15 is 0 Å². The minimum absolute atomic E-state index is 0.0862. The van der Waals surface area contributed by atoms with Gasteiger partial charge in [-0.3, -0.25) is 9.59 Å². The molecular weight excluding hydrogens is 511 g/mol. The standard InChI is InChI=1S/C15H12FNO3.C9H8BrNO3/c16-10-5-3-9(4-6-10)11-8-17-7-1-2-12(17)13(14(11)18)15(19)20;10-5-4-11-3-1-2-6(11)7(8(5)12)9(13)14/h3-6,8H,1-2,7H2,(H,19,20);4H,1-3H2,(H,13,14). The predicted molar refractivity (Wildman–Crippen MR) is 125 cm³/mol. The summed E-state index contributed by atoms with van der Waals surface area (Å²) in [5.41, 5.74) is 0.873. The van der Waals surface area contributed by atoms with Crippen molar-refractivity contribution in [3.05, 3.63) is 89.9 Å². The number of hydrogen-bond acceptors (Lipinski definition) is 4. The minimum Gasteiger partial charge on any atom is -0.477 e. The average molecular weight is 531 g/mol. The van der Waals surface area contributed by atoms with E-state index in [-0.39, 0.29) is 11.1 Å². The molecule has 2 aliphatic rings. The number of carboxylic acid groups (broad SMARTS) is 2. The van der Waals surface area contributed by atoms with Gasteiger partial charge in [-0.15, -0.1) is 0 Å². The number of hydrogen-bond donors (Lipinski definition) is 2. The second kappa shape index (κ2) is 9.38. The lowest BCUT2D eigenvalue weighted by Crippen LogP contribution is -2.22. The van der Waals surface area contributed by atoms with Crippen molar-refractivity contribution in [2.24, 2.45) is 0 Å². The molecule has 4 heterocycles. The highest BCUT2D eigenvalue weighted by molar-refractivity contribution is 9.10. The van der Waals surface area contributed by atoms with Gasteiger partial charge in [-0.25, -0.2) is 14.0 Å². The number of benzene rings is 1. The summed E-state index contributed by atoms with van der Waals surface area (Å²) in [5, 5.41) is 18.2. The van der Waals surface area contributed by atoms with Crippen molar-refractivity contribution in [3.63, 3.8) is 0 Å². The van der Waals surface area contributed by atoms with Crippen molar-refractivity contribution in [2.75, 3.05) is 0 Å². The second-order valence-electron chi connectivity index (χ2n) is 8.03. The molecule has 0 bridgehead atoms. The molecule has 0 radical (unpaired) electrons. The smallest absolute Gasteiger partial charge is 0.341 e. The highest BCUT2D eigenvalue weighted by atomic mass is 79.9. The van der Waals surface area contributed by atoms with Crippen LogP contribution in [0.4, 0.5) is 4.39 Å². The number of carboxylic acids is 2. The summed E-state index contributed by atoms with van der Waals surface area (Å²) < 4.78 is 16.9. The molecule has 0 saturated carbocycles. The molecule has 176 valence electrons. The number of aromatic nitrogens is 2. The van der Waals surface area contributed by atoms with E-state index in [2.05, 4.69) is 15.9 Å². The normalized spacial score (nSPS) is 13.6. The van der Waals surface area contributed by atoms with Gasteiger partial charge >= 0.3 is 11.9 Å². The van der Waals surface area contributed by atoms with Crippen LogP contribution in [-0.4, -0.2) is 31.3 Å². The van der Waals surface area contributed by atoms with E-state index in [0.29, 0.717) is 46.4 Å². The molecule has 8 nitrogen and oxygen atoms in total. The lowest BCUT2D eigenvalue weighted by atomic mass is 10.0. The number of fused-ring (bicyclic) bond motifs is 2. The number of aromatic carboxylic acids is 2. The number of nitrogens with zero attached hydrogens (tertiary/aromatic N) is 2. The van der Waals surface area contributed by atoms with Crippen molar-refractivity contribution in [1.29, 1.82) is 0 Å². The third-order valence-corrected chi connectivity index (χ3v) is 6.51. The molecule has 0 amide bonds. The zero-order chi connectivity index (χ0) is 24.6.